The van der Waals surface area contributed by atoms with E-state index in [1.807, 2.05) is 22.4 Å². The fourth-order valence-electron chi connectivity index (χ4n) is 3.97. The largest absolute Gasteiger partial charge is 0.385 e. The summed E-state index contributed by atoms with van der Waals surface area (Å²) in [6.07, 6.45) is 1.33. The lowest BCUT2D eigenvalue weighted by molar-refractivity contribution is -0.135. The van der Waals surface area contributed by atoms with Crippen LogP contribution in [0.5, 0.6) is 0 Å². The first kappa shape index (κ1) is 22.0. The number of hydrogen-bond acceptors (Lipinski definition) is 4. The van der Waals surface area contributed by atoms with E-state index in [1.54, 1.807) is 23.5 Å². The van der Waals surface area contributed by atoms with E-state index in [9.17, 15) is 9.90 Å². The Morgan fingerprint density at radius 1 is 1.13 bits per heavy atom. The van der Waals surface area contributed by atoms with Crippen LogP contribution < -0.4 is 0 Å². The summed E-state index contributed by atoms with van der Waals surface area (Å²) in [6, 6.07) is 15.8. The summed E-state index contributed by atoms with van der Waals surface area (Å²) in [5.74, 6) is 0.561. The molecule has 1 aromatic heterocycles. The SMILES string of the molecule is CC(C)c1ccc(-c2nc(CC(=O)N3CCC(O)(c4ccc(Cl)cc4)CC3)cs2)cc1. The zero-order valence-corrected chi connectivity index (χ0v) is 19.4. The minimum atomic E-state index is -0.905. The van der Waals surface area contributed by atoms with Gasteiger partial charge in [0.05, 0.1) is 17.7 Å². The molecule has 6 heteroatoms. The highest BCUT2D eigenvalue weighted by Gasteiger charge is 2.35. The fourth-order valence-corrected chi connectivity index (χ4v) is 4.92. The topological polar surface area (TPSA) is 53.4 Å². The molecule has 162 valence electrons. The molecule has 0 aliphatic carbocycles. The minimum Gasteiger partial charge on any atom is -0.385 e. The Balaban J connectivity index is 1.36. The lowest BCUT2D eigenvalue weighted by Gasteiger charge is -2.38. The minimum absolute atomic E-state index is 0.0603. The van der Waals surface area contributed by atoms with Gasteiger partial charge in [-0.05, 0) is 42.0 Å². The lowest BCUT2D eigenvalue weighted by atomic mass is 9.84. The molecular weight excluding hydrogens is 428 g/mol. The molecule has 0 saturated carbocycles. The summed E-state index contributed by atoms with van der Waals surface area (Å²) in [4.78, 5) is 19.3. The van der Waals surface area contributed by atoms with E-state index in [-0.39, 0.29) is 5.91 Å². The Morgan fingerprint density at radius 3 is 2.39 bits per heavy atom. The number of thiazole rings is 1. The van der Waals surface area contributed by atoms with E-state index in [2.05, 4.69) is 43.1 Å². The molecule has 4 rings (SSSR count). The van der Waals surface area contributed by atoms with E-state index in [1.165, 1.54) is 5.56 Å². The van der Waals surface area contributed by atoms with Crippen LogP contribution >= 0.6 is 22.9 Å². The third-order valence-electron chi connectivity index (χ3n) is 6.03. The first-order chi connectivity index (χ1) is 14.8. The number of nitrogens with zero attached hydrogens (tertiary/aromatic N) is 2. The number of likely N-dealkylation sites (tertiary alicyclic amines) is 1. The molecule has 1 aliphatic heterocycles. The molecule has 3 aromatic rings. The van der Waals surface area contributed by atoms with Crippen LogP contribution in [0.1, 0.15) is 49.4 Å². The number of carbonyl (C=O) groups excluding carboxylic acids is 1. The summed E-state index contributed by atoms with van der Waals surface area (Å²) < 4.78 is 0. The molecule has 1 aliphatic rings. The second-order valence-electron chi connectivity index (χ2n) is 8.52. The molecule has 2 aromatic carbocycles. The maximum Gasteiger partial charge on any atom is 0.228 e. The number of piperidine rings is 1. The van der Waals surface area contributed by atoms with Crippen molar-refractivity contribution in [3.8, 4) is 10.6 Å². The lowest BCUT2D eigenvalue weighted by Crippen LogP contribution is -2.45. The van der Waals surface area contributed by atoms with Crippen LogP contribution in [0.4, 0.5) is 0 Å². The molecule has 1 fully saturated rings. The highest BCUT2D eigenvalue weighted by Crippen LogP contribution is 2.34. The van der Waals surface area contributed by atoms with Crippen LogP contribution in [0.25, 0.3) is 10.6 Å². The molecule has 0 radical (unpaired) electrons. The summed E-state index contributed by atoms with van der Waals surface area (Å²) in [6.45, 7) is 5.43. The van der Waals surface area contributed by atoms with E-state index < -0.39 is 5.60 Å². The molecule has 0 unspecified atom stereocenters. The van der Waals surface area contributed by atoms with Gasteiger partial charge in [0.1, 0.15) is 5.01 Å². The van der Waals surface area contributed by atoms with Crippen molar-refractivity contribution >= 4 is 28.8 Å². The van der Waals surface area contributed by atoms with Gasteiger partial charge in [-0.1, -0.05) is 61.8 Å². The van der Waals surface area contributed by atoms with Crippen LogP contribution in [0.3, 0.4) is 0 Å². The summed E-state index contributed by atoms with van der Waals surface area (Å²) in [5, 5.41) is 14.6. The van der Waals surface area contributed by atoms with Crippen LogP contribution in [-0.4, -0.2) is 34.0 Å². The second kappa shape index (κ2) is 9.11. The van der Waals surface area contributed by atoms with Crippen molar-refractivity contribution in [1.82, 2.24) is 9.88 Å². The van der Waals surface area contributed by atoms with Gasteiger partial charge in [-0.15, -0.1) is 11.3 Å². The smallest absolute Gasteiger partial charge is 0.228 e. The van der Waals surface area contributed by atoms with E-state index in [4.69, 9.17) is 11.6 Å². The predicted octanol–water partition coefficient (Wildman–Crippen LogP) is 5.64. The Kier molecular flexibility index (Phi) is 6.47. The number of carbonyl (C=O) groups is 1. The quantitative estimate of drug-likeness (QED) is 0.542. The van der Waals surface area contributed by atoms with Gasteiger partial charge in [-0.3, -0.25) is 4.79 Å². The molecule has 31 heavy (non-hydrogen) atoms. The predicted molar refractivity (Wildman–Crippen MR) is 127 cm³/mol. The zero-order valence-electron chi connectivity index (χ0n) is 17.8. The summed E-state index contributed by atoms with van der Waals surface area (Å²) >= 11 is 7.53. The summed E-state index contributed by atoms with van der Waals surface area (Å²) in [7, 11) is 0. The first-order valence-corrected chi connectivity index (χ1v) is 11.9. The number of aromatic nitrogens is 1. The maximum atomic E-state index is 12.8. The van der Waals surface area contributed by atoms with Gasteiger partial charge >= 0.3 is 0 Å². The highest BCUT2D eigenvalue weighted by molar-refractivity contribution is 7.13. The Bertz CT molecular complexity index is 1040. The summed E-state index contributed by atoms with van der Waals surface area (Å²) in [5.41, 5.74) is 3.14. The van der Waals surface area contributed by atoms with Crippen molar-refractivity contribution in [3.05, 3.63) is 75.8 Å². The molecule has 0 bridgehead atoms. The zero-order chi connectivity index (χ0) is 22.0. The van der Waals surface area contributed by atoms with Gasteiger partial charge in [0, 0.05) is 29.1 Å². The fraction of sp³-hybridized carbons (Fsp3) is 0.360. The van der Waals surface area contributed by atoms with Crippen molar-refractivity contribution < 1.29 is 9.90 Å². The normalized spacial score (nSPS) is 16.0. The van der Waals surface area contributed by atoms with E-state index >= 15 is 0 Å². The van der Waals surface area contributed by atoms with Gasteiger partial charge < -0.3 is 10.0 Å². The Labute approximate surface area is 192 Å². The number of hydrogen-bond donors (Lipinski definition) is 1. The Morgan fingerprint density at radius 2 is 1.77 bits per heavy atom. The van der Waals surface area contributed by atoms with E-state index in [0.717, 1.165) is 21.8 Å². The van der Waals surface area contributed by atoms with Crippen LogP contribution in [0, 0.1) is 0 Å². The van der Waals surface area contributed by atoms with Crippen molar-refractivity contribution in [2.75, 3.05) is 13.1 Å². The molecule has 1 amide bonds. The standard InChI is InChI=1S/C25H27ClN2O2S/c1-17(2)18-3-5-19(6-4-18)24-27-22(16-31-24)15-23(29)28-13-11-25(30,12-14-28)20-7-9-21(26)10-8-20/h3-10,16-17,30H,11-15H2,1-2H3. The van der Waals surface area contributed by atoms with E-state index in [0.29, 0.717) is 43.3 Å². The maximum absolute atomic E-state index is 12.8. The van der Waals surface area contributed by atoms with Crippen LogP contribution in [0.2, 0.25) is 5.02 Å². The first-order valence-electron chi connectivity index (χ1n) is 10.6. The van der Waals surface area contributed by atoms with Crippen molar-refractivity contribution in [2.45, 2.75) is 44.6 Å². The van der Waals surface area contributed by atoms with Gasteiger partial charge in [-0.2, -0.15) is 0 Å². The molecule has 4 nitrogen and oxygen atoms in total. The molecule has 0 atom stereocenters. The molecule has 1 saturated heterocycles. The molecular formula is C25H27ClN2O2S. The average Bonchev–Trinajstić information content (AvgIpc) is 3.23. The van der Waals surface area contributed by atoms with Crippen LogP contribution in [-0.2, 0) is 16.8 Å². The van der Waals surface area contributed by atoms with Crippen LogP contribution in [0.15, 0.2) is 53.9 Å². The molecule has 2 heterocycles. The van der Waals surface area contributed by atoms with Gasteiger partial charge in [-0.25, -0.2) is 4.98 Å². The van der Waals surface area contributed by atoms with Crippen molar-refractivity contribution in [3.63, 3.8) is 0 Å². The highest BCUT2D eigenvalue weighted by atomic mass is 35.5. The van der Waals surface area contributed by atoms with Gasteiger partial charge in [0.25, 0.3) is 0 Å². The number of rotatable bonds is 5. The average molecular weight is 455 g/mol. The van der Waals surface area contributed by atoms with Crippen molar-refractivity contribution in [1.29, 1.82) is 0 Å². The van der Waals surface area contributed by atoms with Gasteiger partial charge in [0.2, 0.25) is 5.91 Å². The third kappa shape index (κ3) is 5.00. The monoisotopic (exact) mass is 454 g/mol. The number of amides is 1. The molecule has 1 N–H and O–H groups in total. The number of halogens is 1. The third-order valence-corrected chi connectivity index (χ3v) is 7.23. The number of benzene rings is 2. The van der Waals surface area contributed by atoms with Crippen molar-refractivity contribution in [2.24, 2.45) is 0 Å². The Hall–Kier alpha value is -2.21. The van der Waals surface area contributed by atoms with Gasteiger partial charge in [0.15, 0.2) is 0 Å². The number of aliphatic hydroxyl groups is 1. The second-order valence-corrected chi connectivity index (χ2v) is 9.81. The molecule has 0 spiro atoms.